The van der Waals surface area contributed by atoms with E-state index in [1.165, 1.54) is 27.7 Å². The Morgan fingerprint density at radius 1 is 1.33 bits per heavy atom. The van der Waals surface area contributed by atoms with Gasteiger partial charge in [-0.25, -0.2) is 0 Å². The van der Waals surface area contributed by atoms with Crippen molar-refractivity contribution in [2.45, 2.75) is 52.5 Å². The third-order valence-electron chi connectivity index (χ3n) is 4.50. The zero-order valence-electron chi connectivity index (χ0n) is 13.4. The Balaban J connectivity index is 2.06. The molecule has 0 aliphatic carbocycles. The van der Waals surface area contributed by atoms with Gasteiger partial charge >= 0.3 is 0 Å². The van der Waals surface area contributed by atoms with Gasteiger partial charge < -0.3 is 9.88 Å². The first-order valence-corrected chi connectivity index (χ1v) is 7.82. The monoisotopic (exact) mass is 284 g/mol. The van der Waals surface area contributed by atoms with Gasteiger partial charge in [0.1, 0.15) is 0 Å². The first kappa shape index (κ1) is 14.2. The van der Waals surface area contributed by atoms with Crippen LogP contribution in [0.5, 0.6) is 0 Å². The van der Waals surface area contributed by atoms with Crippen LogP contribution in [0.1, 0.15) is 50.9 Å². The molecule has 3 rings (SSSR count). The molecular weight excluding hydrogens is 260 g/mol. The smallest absolute Gasteiger partial charge is 0.222 e. The van der Waals surface area contributed by atoms with Gasteiger partial charge in [0.2, 0.25) is 5.91 Å². The van der Waals surface area contributed by atoms with E-state index in [0.29, 0.717) is 6.42 Å². The number of benzene rings is 1. The molecule has 0 unspecified atom stereocenters. The number of carbonyl (C=O) groups is 1. The normalized spacial score (nSPS) is 15.3. The maximum atomic E-state index is 12.0. The summed E-state index contributed by atoms with van der Waals surface area (Å²) in [6.07, 6.45) is 1.52. The summed E-state index contributed by atoms with van der Waals surface area (Å²) in [6.45, 7) is 10.2. The van der Waals surface area contributed by atoms with Gasteiger partial charge in [-0.1, -0.05) is 33.8 Å². The zero-order chi connectivity index (χ0) is 15.2. The minimum Gasteiger partial charge on any atom is -0.358 e. The predicted octanol–water partition coefficient (Wildman–Crippen LogP) is 3.76. The lowest BCUT2D eigenvalue weighted by atomic mass is 9.86. The van der Waals surface area contributed by atoms with Crippen LogP contribution >= 0.6 is 0 Å². The molecule has 0 fully saturated rings. The fraction of sp³-hybridized carbons (Fsp3) is 0.500. The van der Waals surface area contributed by atoms with Gasteiger partial charge in [-0.05, 0) is 23.1 Å². The lowest BCUT2D eigenvalue weighted by Gasteiger charge is -2.27. The molecular formula is C18H24N2O. The Hall–Kier alpha value is -1.77. The summed E-state index contributed by atoms with van der Waals surface area (Å²) < 4.78 is 0. The number of carbonyl (C=O) groups excluding carboxylic acids is 1. The summed E-state index contributed by atoms with van der Waals surface area (Å²) in [5.41, 5.74) is 5.29. The van der Waals surface area contributed by atoms with Crippen molar-refractivity contribution < 1.29 is 4.79 Å². The summed E-state index contributed by atoms with van der Waals surface area (Å²) in [6, 6.07) is 6.68. The number of nitrogens with one attached hydrogen (secondary N) is 1. The van der Waals surface area contributed by atoms with Crippen LogP contribution < -0.4 is 0 Å². The Morgan fingerprint density at radius 3 is 2.76 bits per heavy atom. The van der Waals surface area contributed by atoms with E-state index in [9.17, 15) is 4.79 Å². The number of amides is 1. The van der Waals surface area contributed by atoms with Gasteiger partial charge in [-0.15, -0.1) is 0 Å². The van der Waals surface area contributed by atoms with E-state index >= 15 is 0 Å². The SMILES string of the molecule is CCC(=O)N1CCc2[nH]c3ccc(C(C)(C)C)cc3c2C1. The molecule has 2 heterocycles. The summed E-state index contributed by atoms with van der Waals surface area (Å²) in [5, 5.41) is 1.28. The average molecular weight is 284 g/mol. The molecule has 1 N–H and O–H groups in total. The standard InChI is InChI=1S/C18H24N2O/c1-5-17(21)20-9-8-16-14(11-20)13-10-12(18(2,3)4)6-7-15(13)19-16/h6-7,10,19H,5,8-9,11H2,1-4H3. The molecule has 2 aromatic rings. The van der Waals surface area contributed by atoms with Crippen molar-refractivity contribution in [1.29, 1.82) is 0 Å². The second kappa shape index (κ2) is 4.90. The van der Waals surface area contributed by atoms with Crippen molar-refractivity contribution in [3.8, 4) is 0 Å². The third-order valence-corrected chi connectivity index (χ3v) is 4.50. The molecule has 1 aromatic heterocycles. The van der Waals surface area contributed by atoms with Crippen molar-refractivity contribution >= 4 is 16.8 Å². The number of aromatic amines is 1. The lowest BCUT2D eigenvalue weighted by Crippen LogP contribution is -2.35. The number of fused-ring (bicyclic) bond motifs is 3. The van der Waals surface area contributed by atoms with Crippen LogP contribution in [0.4, 0.5) is 0 Å². The minimum absolute atomic E-state index is 0.145. The number of nitrogens with zero attached hydrogens (tertiary/aromatic N) is 1. The van der Waals surface area contributed by atoms with Crippen LogP contribution in [0.2, 0.25) is 0 Å². The maximum Gasteiger partial charge on any atom is 0.222 e. The summed E-state index contributed by atoms with van der Waals surface area (Å²) in [5.74, 6) is 0.252. The molecule has 1 aromatic carbocycles. The minimum atomic E-state index is 0.145. The summed E-state index contributed by atoms with van der Waals surface area (Å²) >= 11 is 0. The van der Waals surface area contributed by atoms with E-state index in [1.54, 1.807) is 0 Å². The van der Waals surface area contributed by atoms with Gasteiger partial charge in [0.25, 0.3) is 0 Å². The van der Waals surface area contributed by atoms with Crippen LogP contribution in [-0.2, 0) is 23.2 Å². The molecule has 0 radical (unpaired) electrons. The molecule has 1 aliphatic heterocycles. The van der Waals surface area contributed by atoms with Crippen molar-refractivity contribution in [2.24, 2.45) is 0 Å². The predicted molar refractivity (Wildman–Crippen MR) is 86.4 cm³/mol. The van der Waals surface area contributed by atoms with Crippen molar-refractivity contribution in [2.75, 3.05) is 6.54 Å². The van der Waals surface area contributed by atoms with E-state index in [0.717, 1.165) is 19.5 Å². The first-order valence-electron chi connectivity index (χ1n) is 7.82. The van der Waals surface area contributed by atoms with E-state index in [1.807, 2.05) is 11.8 Å². The second-order valence-corrected chi connectivity index (χ2v) is 7.01. The Kier molecular flexibility index (Phi) is 3.31. The highest BCUT2D eigenvalue weighted by Gasteiger charge is 2.24. The molecule has 0 spiro atoms. The topological polar surface area (TPSA) is 36.1 Å². The molecule has 21 heavy (non-hydrogen) atoms. The highest BCUT2D eigenvalue weighted by atomic mass is 16.2. The maximum absolute atomic E-state index is 12.0. The van der Waals surface area contributed by atoms with Crippen LogP contribution in [0.25, 0.3) is 10.9 Å². The lowest BCUT2D eigenvalue weighted by molar-refractivity contribution is -0.131. The molecule has 112 valence electrons. The third kappa shape index (κ3) is 2.45. The fourth-order valence-corrected chi connectivity index (χ4v) is 3.12. The Morgan fingerprint density at radius 2 is 2.10 bits per heavy atom. The quantitative estimate of drug-likeness (QED) is 0.850. The molecule has 0 saturated heterocycles. The molecule has 0 bridgehead atoms. The van der Waals surface area contributed by atoms with Gasteiger partial charge in [0.05, 0.1) is 0 Å². The number of H-pyrrole nitrogens is 1. The molecule has 3 heteroatoms. The van der Waals surface area contributed by atoms with Crippen LogP contribution in [0, 0.1) is 0 Å². The van der Waals surface area contributed by atoms with Gasteiger partial charge in [0.15, 0.2) is 0 Å². The largest absolute Gasteiger partial charge is 0.358 e. The van der Waals surface area contributed by atoms with E-state index < -0.39 is 0 Å². The molecule has 0 atom stereocenters. The van der Waals surface area contributed by atoms with Crippen molar-refractivity contribution in [1.82, 2.24) is 9.88 Å². The Bertz CT molecular complexity index is 691. The zero-order valence-corrected chi connectivity index (χ0v) is 13.4. The van der Waals surface area contributed by atoms with Crippen molar-refractivity contribution in [3.05, 3.63) is 35.0 Å². The molecule has 1 amide bonds. The molecule has 1 aliphatic rings. The highest BCUT2D eigenvalue weighted by Crippen LogP contribution is 2.32. The first-order chi connectivity index (χ1) is 9.90. The summed E-state index contributed by atoms with van der Waals surface area (Å²) in [4.78, 5) is 17.5. The van der Waals surface area contributed by atoms with Crippen molar-refractivity contribution in [3.63, 3.8) is 0 Å². The van der Waals surface area contributed by atoms with Gasteiger partial charge in [0, 0.05) is 48.1 Å². The second-order valence-electron chi connectivity index (χ2n) is 7.01. The number of hydrogen-bond donors (Lipinski definition) is 1. The summed E-state index contributed by atoms with van der Waals surface area (Å²) in [7, 11) is 0. The van der Waals surface area contributed by atoms with Gasteiger partial charge in [-0.2, -0.15) is 0 Å². The fourth-order valence-electron chi connectivity index (χ4n) is 3.12. The highest BCUT2D eigenvalue weighted by molar-refractivity contribution is 5.87. The van der Waals surface area contributed by atoms with E-state index in [2.05, 4.69) is 44.0 Å². The van der Waals surface area contributed by atoms with E-state index in [-0.39, 0.29) is 11.3 Å². The van der Waals surface area contributed by atoms with Crippen LogP contribution in [-0.4, -0.2) is 22.3 Å². The van der Waals surface area contributed by atoms with E-state index in [4.69, 9.17) is 0 Å². The number of hydrogen-bond acceptors (Lipinski definition) is 1. The number of aromatic nitrogens is 1. The number of rotatable bonds is 1. The Labute approximate surface area is 126 Å². The van der Waals surface area contributed by atoms with Crippen LogP contribution in [0.3, 0.4) is 0 Å². The average Bonchev–Trinajstić information content (AvgIpc) is 2.82. The molecule has 0 saturated carbocycles. The van der Waals surface area contributed by atoms with Crippen LogP contribution in [0.15, 0.2) is 18.2 Å². The molecule has 3 nitrogen and oxygen atoms in total. The van der Waals surface area contributed by atoms with Gasteiger partial charge in [-0.3, -0.25) is 4.79 Å².